The molecule has 1 aromatic rings. The van der Waals surface area contributed by atoms with E-state index in [4.69, 9.17) is 10.7 Å². The van der Waals surface area contributed by atoms with Gasteiger partial charge in [0.15, 0.2) is 0 Å². The van der Waals surface area contributed by atoms with Crippen molar-refractivity contribution in [2.45, 2.75) is 37.0 Å². The molecule has 1 fully saturated rings. The van der Waals surface area contributed by atoms with Crippen molar-refractivity contribution in [1.82, 2.24) is 5.32 Å². The summed E-state index contributed by atoms with van der Waals surface area (Å²) in [6.45, 7) is 0.654. The van der Waals surface area contributed by atoms with E-state index in [1.54, 1.807) is 12.1 Å². The van der Waals surface area contributed by atoms with Gasteiger partial charge in [-0.25, -0.2) is 8.42 Å². The number of halogens is 1. The quantitative estimate of drug-likeness (QED) is 0.621. The number of carbonyl (C=O) groups is 1. The fourth-order valence-electron chi connectivity index (χ4n) is 2.00. The lowest BCUT2D eigenvalue weighted by Gasteiger charge is -2.05. The van der Waals surface area contributed by atoms with Crippen molar-refractivity contribution in [3.63, 3.8) is 0 Å². The van der Waals surface area contributed by atoms with Crippen molar-refractivity contribution in [1.29, 1.82) is 0 Å². The lowest BCUT2D eigenvalue weighted by Crippen LogP contribution is -2.24. The first-order valence-corrected chi connectivity index (χ1v) is 9.06. The summed E-state index contributed by atoms with van der Waals surface area (Å²) in [5.41, 5.74) is 1.03. The van der Waals surface area contributed by atoms with E-state index in [2.05, 4.69) is 5.32 Å². The van der Waals surface area contributed by atoms with E-state index in [1.807, 2.05) is 0 Å². The lowest BCUT2D eigenvalue weighted by atomic mass is 10.1. The highest BCUT2D eigenvalue weighted by molar-refractivity contribution is 8.13. The SMILES string of the molecule is O=C(CC1CC1)NCCCc1ccc(S(=O)(=O)Cl)cc1. The standard InChI is InChI=1S/C14H18ClNO3S/c15-20(18,19)13-7-5-11(6-8-13)2-1-9-16-14(17)10-12-3-4-12/h5-8,12H,1-4,9-10H2,(H,16,17). The monoisotopic (exact) mass is 315 g/mol. The van der Waals surface area contributed by atoms with Crippen molar-refractivity contribution in [3.05, 3.63) is 29.8 Å². The molecule has 1 amide bonds. The van der Waals surface area contributed by atoms with Crippen molar-refractivity contribution in [2.75, 3.05) is 6.54 Å². The molecule has 110 valence electrons. The van der Waals surface area contributed by atoms with E-state index >= 15 is 0 Å². The van der Waals surface area contributed by atoms with E-state index in [-0.39, 0.29) is 10.8 Å². The highest BCUT2D eigenvalue weighted by Crippen LogP contribution is 2.32. The van der Waals surface area contributed by atoms with E-state index in [9.17, 15) is 13.2 Å². The predicted molar refractivity (Wildman–Crippen MR) is 78.2 cm³/mol. The fourth-order valence-corrected chi connectivity index (χ4v) is 2.77. The molecule has 1 aromatic carbocycles. The van der Waals surface area contributed by atoms with Gasteiger partial charge in [-0.3, -0.25) is 4.79 Å². The molecule has 1 aliphatic carbocycles. The lowest BCUT2D eigenvalue weighted by molar-refractivity contribution is -0.121. The van der Waals surface area contributed by atoms with Crippen LogP contribution >= 0.6 is 10.7 Å². The van der Waals surface area contributed by atoms with Gasteiger partial charge in [0.1, 0.15) is 0 Å². The Hall–Kier alpha value is -1.07. The minimum absolute atomic E-state index is 0.112. The topological polar surface area (TPSA) is 63.2 Å². The van der Waals surface area contributed by atoms with Crippen LogP contribution in [0.15, 0.2) is 29.2 Å². The van der Waals surface area contributed by atoms with Gasteiger partial charge in [0.2, 0.25) is 5.91 Å². The predicted octanol–water partition coefficient (Wildman–Crippen LogP) is 2.46. The summed E-state index contributed by atoms with van der Waals surface area (Å²) in [6.07, 6.45) is 4.66. The Morgan fingerprint density at radius 2 is 1.90 bits per heavy atom. The highest BCUT2D eigenvalue weighted by Gasteiger charge is 2.23. The van der Waals surface area contributed by atoms with E-state index in [1.165, 1.54) is 25.0 Å². The van der Waals surface area contributed by atoms with Crippen LogP contribution in [0.5, 0.6) is 0 Å². The van der Waals surface area contributed by atoms with Gasteiger partial charge in [-0.1, -0.05) is 12.1 Å². The average Bonchev–Trinajstić information content (AvgIpc) is 3.18. The Kier molecular flexibility index (Phi) is 5.05. The molecule has 0 aliphatic heterocycles. The smallest absolute Gasteiger partial charge is 0.261 e. The number of nitrogens with one attached hydrogen (secondary N) is 1. The number of carbonyl (C=O) groups excluding carboxylic acids is 1. The van der Waals surface area contributed by atoms with Crippen LogP contribution in [0.1, 0.15) is 31.2 Å². The molecule has 0 atom stereocenters. The minimum Gasteiger partial charge on any atom is -0.356 e. The fraction of sp³-hybridized carbons (Fsp3) is 0.500. The number of hydrogen-bond acceptors (Lipinski definition) is 3. The van der Waals surface area contributed by atoms with Gasteiger partial charge >= 0.3 is 0 Å². The maximum Gasteiger partial charge on any atom is 0.261 e. The minimum atomic E-state index is -3.65. The largest absolute Gasteiger partial charge is 0.356 e. The van der Waals surface area contributed by atoms with E-state index < -0.39 is 9.05 Å². The molecular weight excluding hydrogens is 298 g/mol. The maximum atomic E-state index is 11.5. The summed E-state index contributed by atoms with van der Waals surface area (Å²) in [7, 11) is 1.60. The molecule has 0 spiro atoms. The van der Waals surface area contributed by atoms with Crippen molar-refractivity contribution in [2.24, 2.45) is 5.92 Å². The summed E-state index contributed by atoms with van der Waals surface area (Å²) in [5.74, 6) is 0.746. The molecule has 2 rings (SSSR count). The van der Waals surface area contributed by atoms with Crippen molar-refractivity contribution >= 4 is 25.6 Å². The van der Waals surface area contributed by atoms with Crippen LogP contribution in [-0.2, 0) is 20.3 Å². The molecule has 1 N–H and O–H groups in total. The first-order valence-electron chi connectivity index (χ1n) is 6.75. The summed E-state index contributed by atoms with van der Waals surface area (Å²) in [5, 5.41) is 2.90. The molecule has 4 nitrogen and oxygen atoms in total. The third-order valence-corrected chi connectivity index (χ3v) is 4.71. The second-order valence-corrected chi connectivity index (χ2v) is 7.75. The van der Waals surface area contributed by atoms with Crippen LogP contribution in [0, 0.1) is 5.92 Å². The summed E-state index contributed by atoms with van der Waals surface area (Å²) >= 11 is 0. The molecule has 0 bridgehead atoms. The molecule has 20 heavy (non-hydrogen) atoms. The number of amides is 1. The first-order chi connectivity index (χ1) is 9.45. The second-order valence-electron chi connectivity index (χ2n) is 5.18. The maximum absolute atomic E-state index is 11.5. The third kappa shape index (κ3) is 5.13. The average molecular weight is 316 g/mol. The Morgan fingerprint density at radius 1 is 1.25 bits per heavy atom. The van der Waals surface area contributed by atoms with Gasteiger partial charge in [0, 0.05) is 23.6 Å². The van der Waals surface area contributed by atoms with Gasteiger partial charge in [-0.05, 0) is 49.3 Å². The zero-order valence-electron chi connectivity index (χ0n) is 11.1. The van der Waals surface area contributed by atoms with Crippen LogP contribution in [0.25, 0.3) is 0 Å². The summed E-state index contributed by atoms with van der Waals surface area (Å²) in [6, 6.07) is 6.51. The van der Waals surface area contributed by atoms with Gasteiger partial charge in [-0.15, -0.1) is 0 Å². The van der Waals surface area contributed by atoms with Gasteiger partial charge < -0.3 is 5.32 Å². The second kappa shape index (κ2) is 6.59. The molecule has 1 aliphatic rings. The van der Waals surface area contributed by atoms with Crippen LogP contribution in [0.2, 0.25) is 0 Å². The molecule has 6 heteroatoms. The van der Waals surface area contributed by atoms with Gasteiger partial charge in [0.05, 0.1) is 4.90 Å². The van der Waals surface area contributed by atoms with Crippen molar-refractivity contribution in [3.8, 4) is 0 Å². The zero-order valence-corrected chi connectivity index (χ0v) is 12.7. The normalized spacial score (nSPS) is 15.1. The Morgan fingerprint density at radius 3 is 2.45 bits per heavy atom. The molecule has 0 heterocycles. The molecule has 0 unspecified atom stereocenters. The van der Waals surface area contributed by atoms with Gasteiger partial charge in [-0.2, -0.15) is 0 Å². The molecule has 0 aromatic heterocycles. The van der Waals surface area contributed by atoms with Crippen LogP contribution in [0.3, 0.4) is 0 Å². The van der Waals surface area contributed by atoms with Crippen LogP contribution in [0.4, 0.5) is 0 Å². The van der Waals surface area contributed by atoms with Crippen LogP contribution in [-0.4, -0.2) is 20.9 Å². The Bertz CT molecular complexity index is 565. The molecular formula is C14H18ClNO3S. The van der Waals surface area contributed by atoms with Crippen LogP contribution < -0.4 is 5.32 Å². The number of aryl methyl sites for hydroxylation is 1. The highest BCUT2D eigenvalue weighted by atomic mass is 35.7. The number of rotatable bonds is 7. The Labute approximate surface area is 123 Å². The number of benzene rings is 1. The summed E-state index contributed by atoms with van der Waals surface area (Å²) in [4.78, 5) is 11.6. The van der Waals surface area contributed by atoms with E-state index in [0.29, 0.717) is 18.9 Å². The molecule has 1 saturated carbocycles. The van der Waals surface area contributed by atoms with Crippen molar-refractivity contribution < 1.29 is 13.2 Å². The van der Waals surface area contributed by atoms with Gasteiger partial charge in [0.25, 0.3) is 9.05 Å². The number of hydrogen-bond donors (Lipinski definition) is 1. The van der Waals surface area contributed by atoms with E-state index in [0.717, 1.165) is 18.4 Å². The zero-order chi connectivity index (χ0) is 14.6. The molecule has 0 saturated heterocycles. The Balaban J connectivity index is 1.69. The first kappa shape index (κ1) is 15.3. The third-order valence-electron chi connectivity index (χ3n) is 3.34. The summed E-state index contributed by atoms with van der Waals surface area (Å²) < 4.78 is 22.2. The molecule has 0 radical (unpaired) electrons.